The lowest BCUT2D eigenvalue weighted by atomic mass is 9.82. The molecule has 10 aromatic rings. The Morgan fingerprint density at radius 1 is 0.382 bits per heavy atom. The van der Waals surface area contributed by atoms with Gasteiger partial charge in [0, 0.05) is 33.2 Å². The van der Waals surface area contributed by atoms with E-state index in [1.54, 1.807) is 0 Å². The van der Waals surface area contributed by atoms with Gasteiger partial charge in [-0.1, -0.05) is 147 Å². The monoisotopic (exact) mass is 703 g/mol. The van der Waals surface area contributed by atoms with Gasteiger partial charge < -0.3 is 9.32 Å². The van der Waals surface area contributed by atoms with Crippen molar-refractivity contribution in [2.45, 2.75) is 19.3 Å². The molecule has 55 heavy (non-hydrogen) atoms. The summed E-state index contributed by atoms with van der Waals surface area (Å²) in [6.45, 7) is 4.70. The molecule has 0 amide bonds. The Balaban J connectivity index is 1.02. The van der Waals surface area contributed by atoms with E-state index in [1.807, 2.05) is 12.1 Å². The highest BCUT2D eigenvalue weighted by atomic mass is 16.3. The number of nitrogens with zero attached hydrogens (tertiary/aromatic N) is 1. The number of fused-ring (bicyclic) bond motifs is 9. The Hall–Kier alpha value is -6.90. The maximum absolute atomic E-state index is 6.24. The number of anilines is 3. The molecule has 0 unspecified atom stereocenters. The van der Waals surface area contributed by atoms with Gasteiger partial charge in [-0.15, -0.1) is 0 Å². The smallest absolute Gasteiger partial charge is 0.136 e. The predicted octanol–water partition coefficient (Wildman–Crippen LogP) is 15.0. The van der Waals surface area contributed by atoms with Crippen LogP contribution in [0, 0.1) is 0 Å². The first-order valence-corrected chi connectivity index (χ1v) is 19.1. The summed E-state index contributed by atoms with van der Waals surface area (Å²) in [4.78, 5) is 2.40. The minimum atomic E-state index is -0.0997. The molecule has 1 heterocycles. The van der Waals surface area contributed by atoms with Crippen LogP contribution in [-0.2, 0) is 5.41 Å². The normalized spacial score (nSPS) is 13.1. The van der Waals surface area contributed by atoms with E-state index < -0.39 is 0 Å². The molecule has 1 aliphatic rings. The van der Waals surface area contributed by atoms with Crippen LogP contribution in [0.25, 0.3) is 76.9 Å². The molecule has 260 valence electrons. The third-order valence-electron chi connectivity index (χ3n) is 11.9. The number of benzene rings is 9. The number of para-hydroxylation sites is 1. The molecule has 0 fully saturated rings. The fourth-order valence-corrected chi connectivity index (χ4v) is 9.07. The van der Waals surface area contributed by atoms with Crippen molar-refractivity contribution in [3.8, 4) is 33.4 Å². The molecule has 0 saturated carbocycles. The van der Waals surface area contributed by atoms with E-state index in [4.69, 9.17) is 4.42 Å². The molecule has 0 radical (unpaired) electrons. The Kier molecular flexibility index (Phi) is 6.93. The first-order valence-electron chi connectivity index (χ1n) is 19.1. The van der Waals surface area contributed by atoms with E-state index in [0.29, 0.717) is 0 Å². The molecule has 0 spiro atoms. The van der Waals surface area contributed by atoms with Crippen LogP contribution in [-0.4, -0.2) is 0 Å². The van der Waals surface area contributed by atoms with Crippen molar-refractivity contribution in [1.82, 2.24) is 0 Å². The van der Waals surface area contributed by atoms with Gasteiger partial charge in [0.25, 0.3) is 0 Å². The molecular formula is C53H37NO. The van der Waals surface area contributed by atoms with Gasteiger partial charge in [0.2, 0.25) is 0 Å². The van der Waals surface area contributed by atoms with Crippen LogP contribution in [0.2, 0.25) is 0 Å². The molecule has 0 saturated heterocycles. The lowest BCUT2D eigenvalue weighted by molar-refractivity contribution is 0.660. The van der Waals surface area contributed by atoms with Gasteiger partial charge in [0.1, 0.15) is 11.2 Å². The Labute approximate surface area is 320 Å². The number of rotatable bonds is 5. The number of hydrogen-bond acceptors (Lipinski definition) is 2. The van der Waals surface area contributed by atoms with Crippen LogP contribution >= 0.6 is 0 Å². The maximum Gasteiger partial charge on any atom is 0.136 e. The Morgan fingerprint density at radius 2 is 0.982 bits per heavy atom. The summed E-state index contributed by atoms with van der Waals surface area (Å²) in [5, 5.41) is 7.25. The van der Waals surface area contributed by atoms with Crippen LogP contribution in [0.3, 0.4) is 0 Å². The van der Waals surface area contributed by atoms with E-state index >= 15 is 0 Å². The summed E-state index contributed by atoms with van der Waals surface area (Å²) >= 11 is 0. The SMILES string of the molecule is CC1(C)c2ccccc2-c2ccc(N(c3ccc(-c4ccc5ccc6oc7ccccc7c6c5c4)cc3)c3ccc(-c4cccc5ccccc45)cc3)cc21. The highest BCUT2D eigenvalue weighted by molar-refractivity contribution is 6.19. The summed E-state index contributed by atoms with van der Waals surface area (Å²) in [7, 11) is 0. The second-order valence-electron chi connectivity index (χ2n) is 15.3. The lowest BCUT2D eigenvalue weighted by Gasteiger charge is -2.28. The lowest BCUT2D eigenvalue weighted by Crippen LogP contribution is -2.16. The van der Waals surface area contributed by atoms with Crippen molar-refractivity contribution < 1.29 is 4.42 Å². The molecule has 1 aromatic heterocycles. The third-order valence-corrected chi connectivity index (χ3v) is 11.9. The van der Waals surface area contributed by atoms with Gasteiger partial charge in [-0.05, 0) is 121 Å². The fraction of sp³-hybridized carbons (Fsp3) is 0.0566. The van der Waals surface area contributed by atoms with Gasteiger partial charge in [0.05, 0.1) is 0 Å². The quantitative estimate of drug-likeness (QED) is 0.177. The topological polar surface area (TPSA) is 16.4 Å². The molecule has 9 aromatic carbocycles. The summed E-state index contributed by atoms with van der Waals surface area (Å²) in [5.41, 5.74) is 15.3. The third kappa shape index (κ3) is 4.95. The fourth-order valence-electron chi connectivity index (χ4n) is 9.07. The van der Waals surface area contributed by atoms with Crippen molar-refractivity contribution in [2.24, 2.45) is 0 Å². The van der Waals surface area contributed by atoms with Crippen LogP contribution in [0.15, 0.2) is 192 Å². The van der Waals surface area contributed by atoms with Crippen molar-refractivity contribution >= 4 is 60.5 Å². The largest absolute Gasteiger partial charge is 0.456 e. The molecule has 0 aliphatic heterocycles. The van der Waals surface area contributed by atoms with Crippen LogP contribution in [0.5, 0.6) is 0 Å². The zero-order chi connectivity index (χ0) is 36.7. The standard InChI is InChI=1S/C53H37NO/c1-53(2)48-16-7-5-13-44(48)45-30-29-41(33-49(45)53)54(40-27-22-36(23-28-40)43-15-9-11-35-10-3-4-12-42(35)43)39-25-20-34(21-26-39)38-19-18-37-24-31-51-52(47(37)32-38)46-14-6-8-17-50(46)55-51/h3-33H,1-2H3. The Morgan fingerprint density at radius 3 is 1.82 bits per heavy atom. The Bertz CT molecular complexity index is 3110. The first kappa shape index (κ1) is 31.6. The molecule has 1 aliphatic carbocycles. The summed E-state index contributed by atoms with van der Waals surface area (Å²) in [6, 6.07) is 68.5. The molecule has 0 atom stereocenters. The number of hydrogen-bond donors (Lipinski definition) is 0. The second-order valence-corrected chi connectivity index (χ2v) is 15.3. The highest BCUT2D eigenvalue weighted by Crippen LogP contribution is 2.51. The zero-order valence-corrected chi connectivity index (χ0v) is 30.8. The minimum Gasteiger partial charge on any atom is -0.456 e. The summed E-state index contributed by atoms with van der Waals surface area (Å²) in [5.74, 6) is 0. The molecule has 2 nitrogen and oxygen atoms in total. The van der Waals surface area contributed by atoms with Gasteiger partial charge in [-0.25, -0.2) is 0 Å². The van der Waals surface area contributed by atoms with E-state index in [9.17, 15) is 0 Å². The average molecular weight is 704 g/mol. The van der Waals surface area contributed by atoms with Gasteiger partial charge in [-0.2, -0.15) is 0 Å². The van der Waals surface area contributed by atoms with Crippen LogP contribution in [0.1, 0.15) is 25.0 Å². The highest BCUT2D eigenvalue weighted by Gasteiger charge is 2.35. The van der Waals surface area contributed by atoms with E-state index in [0.717, 1.165) is 33.6 Å². The van der Waals surface area contributed by atoms with Crippen LogP contribution < -0.4 is 4.90 Å². The zero-order valence-electron chi connectivity index (χ0n) is 30.8. The average Bonchev–Trinajstić information content (AvgIpc) is 3.73. The van der Waals surface area contributed by atoms with Gasteiger partial charge in [0.15, 0.2) is 0 Å². The van der Waals surface area contributed by atoms with E-state index in [1.165, 1.54) is 71.4 Å². The first-order chi connectivity index (χ1) is 27.0. The van der Waals surface area contributed by atoms with Gasteiger partial charge in [-0.3, -0.25) is 0 Å². The molecule has 2 heteroatoms. The van der Waals surface area contributed by atoms with Gasteiger partial charge >= 0.3 is 0 Å². The van der Waals surface area contributed by atoms with Crippen molar-refractivity contribution in [2.75, 3.05) is 4.90 Å². The van der Waals surface area contributed by atoms with E-state index in [2.05, 4.69) is 195 Å². The second kappa shape index (κ2) is 12.1. The molecular weight excluding hydrogens is 667 g/mol. The minimum absolute atomic E-state index is 0.0997. The van der Waals surface area contributed by atoms with Crippen LogP contribution in [0.4, 0.5) is 17.1 Å². The van der Waals surface area contributed by atoms with Crippen molar-refractivity contribution in [3.05, 3.63) is 199 Å². The summed E-state index contributed by atoms with van der Waals surface area (Å²) in [6.07, 6.45) is 0. The molecule has 11 rings (SSSR count). The van der Waals surface area contributed by atoms with Crippen molar-refractivity contribution in [1.29, 1.82) is 0 Å². The number of furan rings is 1. The maximum atomic E-state index is 6.24. The van der Waals surface area contributed by atoms with Crippen molar-refractivity contribution in [3.63, 3.8) is 0 Å². The van der Waals surface area contributed by atoms with E-state index in [-0.39, 0.29) is 5.41 Å². The molecule has 0 N–H and O–H groups in total. The molecule has 0 bridgehead atoms. The summed E-state index contributed by atoms with van der Waals surface area (Å²) < 4.78 is 6.24. The predicted molar refractivity (Wildman–Crippen MR) is 232 cm³/mol.